The molecule has 38 heavy (non-hydrogen) atoms. The summed E-state index contributed by atoms with van der Waals surface area (Å²) in [5, 5.41) is 24.2. The van der Waals surface area contributed by atoms with E-state index in [9.17, 15) is 5.11 Å². The molecule has 0 amide bonds. The van der Waals surface area contributed by atoms with E-state index in [1.165, 1.54) is 5.56 Å². The topological polar surface area (TPSA) is 79.7 Å². The van der Waals surface area contributed by atoms with Crippen LogP contribution in [0.25, 0.3) is 22.0 Å². The minimum Gasteiger partial charge on any atom is -0.497 e. The monoisotopic (exact) mass is 556 g/mol. The molecular formula is C29H34Cl2N4O3. The smallest absolute Gasteiger partial charge is 0.156 e. The maximum atomic E-state index is 9.25. The normalized spacial score (nSPS) is 13.9. The molecule has 1 aliphatic rings. The average Bonchev–Trinajstić information content (AvgIpc) is 2.94. The number of aliphatic hydroxyl groups excluding tert-OH is 1. The number of aliphatic hydroxyl groups is 1. The lowest BCUT2D eigenvalue weighted by molar-refractivity contribution is 0.211. The first-order valence-electron chi connectivity index (χ1n) is 12.3. The minimum absolute atomic E-state index is 0. The van der Waals surface area contributed by atoms with E-state index < -0.39 is 0 Å². The molecule has 2 heterocycles. The number of nitrogens with one attached hydrogen (secondary N) is 1. The fourth-order valence-electron chi connectivity index (χ4n) is 4.77. The van der Waals surface area contributed by atoms with Crippen LogP contribution in [0.5, 0.6) is 11.5 Å². The number of rotatable bonds is 8. The Morgan fingerprint density at radius 3 is 2.08 bits per heavy atom. The second-order valence-corrected chi connectivity index (χ2v) is 9.21. The average molecular weight is 558 g/mol. The first-order valence-corrected chi connectivity index (χ1v) is 12.3. The second-order valence-electron chi connectivity index (χ2n) is 9.21. The van der Waals surface area contributed by atoms with Crippen LogP contribution in [0.2, 0.25) is 0 Å². The number of piperidine rings is 1. The van der Waals surface area contributed by atoms with Crippen molar-refractivity contribution in [2.45, 2.75) is 32.0 Å². The summed E-state index contributed by atoms with van der Waals surface area (Å²) in [6.45, 7) is 3.03. The molecule has 4 aromatic rings. The predicted molar refractivity (Wildman–Crippen MR) is 157 cm³/mol. The zero-order valence-corrected chi connectivity index (χ0v) is 23.2. The quantitative estimate of drug-likeness (QED) is 0.287. The molecule has 9 heteroatoms. The first kappa shape index (κ1) is 29.5. The Hall–Kier alpha value is -3.10. The van der Waals surface area contributed by atoms with Gasteiger partial charge in [-0.3, -0.25) is 4.90 Å². The maximum absolute atomic E-state index is 9.25. The Balaban J connectivity index is 0.00000200. The van der Waals surface area contributed by atoms with Gasteiger partial charge < -0.3 is 19.9 Å². The molecular weight excluding hydrogens is 523 g/mol. The highest BCUT2D eigenvalue weighted by molar-refractivity contribution is 6.00. The third-order valence-electron chi connectivity index (χ3n) is 6.89. The number of likely N-dealkylation sites (tertiary alicyclic amines) is 1. The van der Waals surface area contributed by atoms with Crippen LogP contribution in [-0.4, -0.2) is 53.6 Å². The van der Waals surface area contributed by atoms with Gasteiger partial charge in [-0.15, -0.1) is 35.0 Å². The van der Waals surface area contributed by atoms with Crippen LogP contribution >= 0.6 is 24.8 Å². The van der Waals surface area contributed by atoms with Gasteiger partial charge in [0.15, 0.2) is 5.82 Å². The fraction of sp³-hybridized carbons (Fsp3) is 0.310. The van der Waals surface area contributed by atoms with Crippen LogP contribution in [0.15, 0.2) is 66.7 Å². The van der Waals surface area contributed by atoms with Crippen molar-refractivity contribution in [3.8, 4) is 22.8 Å². The van der Waals surface area contributed by atoms with E-state index in [2.05, 4.69) is 38.6 Å². The molecule has 5 rings (SSSR count). The zero-order chi connectivity index (χ0) is 24.9. The molecule has 0 bridgehead atoms. The van der Waals surface area contributed by atoms with Crippen LogP contribution in [-0.2, 0) is 13.2 Å². The van der Waals surface area contributed by atoms with Gasteiger partial charge in [-0.25, -0.2) is 0 Å². The summed E-state index contributed by atoms with van der Waals surface area (Å²) in [4.78, 5) is 2.48. The van der Waals surface area contributed by atoms with Gasteiger partial charge >= 0.3 is 0 Å². The lowest BCUT2D eigenvalue weighted by Gasteiger charge is -2.32. The van der Waals surface area contributed by atoms with Crippen molar-refractivity contribution in [1.82, 2.24) is 15.1 Å². The van der Waals surface area contributed by atoms with Crippen LogP contribution in [0.3, 0.4) is 0 Å². The Bertz CT molecular complexity index is 1310. The molecule has 1 aliphatic heterocycles. The molecule has 1 saturated heterocycles. The molecule has 7 nitrogen and oxygen atoms in total. The summed E-state index contributed by atoms with van der Waals surface area (Å²) in [7, 11) is 3.34. The zero-order valence-electron chi connectivity index (χ0n) is 21.6. The van der Waals surface area contributed by atoms with Gasteiger partial charge in [-0.2, -0.15) is 0 Å². The summed E-state index contributed by atoms with van der Waals surface area (Å²) in [6, 6.07) is 22.5. The molecule has 0 aliphatic carbocycles. The molecule has 0 radical (unpaired) electrons. The summed E-state index contributed by atoms with van der Waals surface area (Å²) >= 11 is 0. The summed E-state index contributed by atoms with van der Waals surface area (Å²) in [5.41, 5.74) is 4.05. The highest BCUT2D eigenvalue weighted by Crippen LogP contribution is 2.34. The molecule has 0 atom stereocenters. The predicted octanol–water partition coefficient (Wildman–Crippen LogP) is 5.73. The minimum atomic E-state index is 0. The largest absolute Gasteiger partial charge is 0.497 e. The number of hydrogen-bond donors (Lipinski definition) is 2. The number of halogens is 2. The van der Waals surface area contributed by atoms with Gasteiger partial charge in [0.2, 0.25) is 0 Å². The number of fused-ring (bicyclic) bond motifs is 1. The summed E-state index contributed by atoms with van der Waals surface area (Å²) < 4.78 is 10.8. The Morgan fingerprint density at radius 2 is 1.45 bits per heavy atom. The van der Waals surface area contributed by atoms with E-state index in [-0.39, 0.29) is 31.4 Å². The third-order valence-corrected chi connectivity index (χ3v) is 6.89. The number of ether oxygens (including phenoxy) is 2. The van der Waals surface area contributed by atoms with Crippen molar-refractivity contribution in [3.05, 3.63) is 77.9 Å². The van der Waals surface area contributed by atoms with Gasteiger partial charge in [-0.1, -0.05) is 24.3 Å². The number of hydrogen-bond acceptors (Lipinski definition) is 7. The van der Waals surface area contributed by atoms with Crippen LogP contribution in [0, 0.1) is 0 Å². The van der Waals surface area contributed by atoms with Gasteiger partial charge in [-0.05, 0) is 66.4 Å². The van der Waals surface area contributed by atoms with Crippen LogP contribution in [0.1, 0.15) is 24.0 Å². The maximum Gasteiger partial charge on any atom is 0.156 e. The van der Waals surface area contributed by atoms with Crippen molar-refractivity contribution >= 4 is 41.4 Å². The van der Waals surface area contributed by atoms with Gasteiger partial charge in [0.05, 0.1) is 20.8 Å². The second kappa shape index (κ2) is 13.6. The molecule has 0 spiro atoms. The van der Waals surface area contributed by atoms with Gasteiger partial charge in [0.1, 0.15) is 17.2 Å². The molecule has 0 unspecified atom stereocenters. The third kappa shape index (κ3) is 6.66. The number of nitrogens with zero attached hydrogens (tertiary/aromatic N) is 3. The highest BCUT2D eigenvalue weighted by atomic mass is 35.5. The highest BCUT2D eigenvalue weighted by Gasteiger charge is 2.21. The number of methoxy groups -OCH3 is 2. The van der Waals surface area contributed by atoms with Crippen molar-refractivity contribution < 1.29 is 14.6 Å². The van der Waals surface area contributed by atoms with Gasteiger partial charge in [0.25, 0.3) is 0 Å². The van der Waals surface area contributed by atoms with Crippen LogP contribution < -0.4 is 14.8 Å². The number of benzene rings is 3. The van der Waals surface area contributed by atoms with Crippen molar-refractivity contribution in [1.29, 1.82) is 0 Å². The van der Waals surface area contributed by atoms with E-state index in [0.717, 1.165) is 77.4 Å². The summed E-state index contributed by atoms with van der Waals surface area (Å²) in [6.07, 6.45) is 2.06. The number of anilines is 1. The van der Waals surface area contributed by atoms with E-state index >= 15 is 0 Å². The van der Waals surface area contributed by atoms with Crippen molar-refractivity contribution in [2.24, 2.45) is 0 Å². The van der Waals surface area contributed by atoms with Crippen LogP contribution in [0.4, 0.5) is 5.82 Å². The molecule has 1 fully saturated rings. The molecule has 202 valence electrons. The molecule has 3 aromatic carbocycles. The lowest BCUT2D eigenvalue weighted by atomic mass is 10.0. The fourth-order valence-corrected chi connectivity index (χ4v) is 4.77. The molecule has 2 N–H and O–H groups in total. The Kier molecular flexibility index (Phi) is 10.6. The summed E-state index contributed by atoms with van der Waals surface area (Å²) in [5.74, 6) is 2.39. The Morgan fingerprint density at radius 1 is 0.816 bits per heavy atom. The van der Waals surface area contributed by atoms with E-state index in [0.29, 0.717) is 6.04 Å². The number of aromatic nitrogens is 2. The molecule has 0 saturated carbocycles. The van der Waals surface area contributed by atoms with Crippen molar-refractivity contribution in [3.63, 3.8) is 0 Å². The first-order chi connectivity index (χ1) is 17.7. The van der Waals surface area contributed by atoms with E-state index in [1.54, 1.807) is 14.2 Å². The molecule has 1 aromatic heterocycles. The SMILES string of the molecule is COc1ccc(-c2nnc(NC3CCN(Cc4ccc(CO)cc4)CC3)c3cc(OC)ccc23)cc1.Cl.Cl. The standard InChI is InChI=1S/C29H32N4O3.2ClH/c1-35-24-9-7-22(8-10-24)28-26-12-11-25(36-2)17-27(26)29(32-31-28)30-23-13-15-33(16-14-23)18-20-3-5-21(19-34)6-4-20;;/h3-12,17,23,34H,13-16,18-19H2,1-2H3,(H,30,32);2*1H. The lowest BCUT2D eigenvalue weighted by Crippen LogP contribution is -2.38. The van der Waals surface area contributed by atoms with Gasteiger partial charge in [0, 0.05) is 42.0 Å². The van der Waals surface area contributed by atoms with E-state index in [4.69, 9.17) is 9.47 Å². The van der Waals surface area contributed by atoms with Crippen molar-refractivity contribution in [2.75, 3.05) is 32.6 Å². The van der Waals surface area contributed by atoms with E-state index in [1.807, 2.05) is 48.5 Å². The Labute approximate surface area is 236 Å².